The van der Waals surface area contributed by atoms with E-state index in [2.05, 4.69) is 37.4 Å². The maximum Gasteiger partial charge on any atom is 0.0626 e. The maximum atomic E-state index is 3.87. The molecular formula is C11H17N. The number of hydrogen-bond donors (Lipinski definition) is 0. The third-order valence-corrected chi connectivity index (χ3v) is 1.49. The zero-order valence-corrected chi connectivity index (χ0v) is 8.01. The highest BCUT2D eigenvalue weighted by atomic mass is 14.7. The van der Waals surface area contributed by atoms with Crippen molar-refractivity contribution in [1.82, 2.24) is 0 Å². The van der Waals surface area contributed by atoms with Gasteiger partial charge in [0.05, 0.1) is 6.54 Å². The van der Waals surface area contributed by atoms with E-state index in [-0.39, 0.29) is 0 Å². The molecule has 0 aromatic carbocycles. The van der Waals surface area contributed by atoms with Crippen LogP contribution < -0.4 is 0 Å². The molecule has 0 saturated carbocycles. The van der Waals surface area contributed by atoms with E-state index in [0.29, 0.717) is 6.54 Å². The first-order valence-electron chi connectivity index (χ1n) is 4.18. The highest BCUT2D eigenvalue weighted by Gasteiger charge is 1.89. The zero-order chi connectivity index (χ0) is 9.40. The minimum Gasteiger partial charge on any atom is -0.296 e. The van der Waals surface area contributed by atoms with Gasteiger partial charge in [-0.3, -0.25) is 4.99 Å². The van der Waals surface area contributed by atoms with E-state index < -0.39 is 0 Å². The molecule has 0 fully saturated rings. The topological polar surface area (TPSA) is 12.4 Å². The Labute approximate surface area is 75.2 Å². The second-order valence-electron chi connectivity index (χ2n) is 2.61. The normalized spacial score (nSPS) is 12.0. The van der Waals surface area contributed by atoms with Crippen LogP contribution in [0.1, 0.15) is 20.3 Å². The van der Waals surface area contributed by atoms with Crippen LogP contribution in [-0.2, 0) is 0 Å². The fourth-order valence-corrected chi connectivity index (χ4v) is 0.934. The second-order valence-corrected chi connectivity index (χ2v) is 2.61. The first kappa shape index (κ1) is 10.9. The van der Waals surface area contributed by atoms with Gasteiger partial charge in [-0.25, -0.2) is 0 Å². The minimum atomic E-state index is 0.626. The van der Waals surface area contributed by atoms with Gasteiger partial charge >= 0.3 is 0 Å². The monoisotopic (exact) mass is 163 g/mol. The molecule has 0 unspecified atom stereocenters. The van der Waals surface area contributed by atoms with Crippen molar-refractivity contribution in [2.75, 3.05) is 6.54 Å². The lowest BCUT2D eigenvalue weighted by molar-refractivity contribution is 1.12. The van der Waals surface area contributed by atoms with Crippen LogP contribution in [0, 0.1) is 0 Å². The molecule has 12 heavy (non-hydrogen) atoms. The predicted octanol–water partition coefficient (Wildman–Crippen LogP) is 3.16. The SMILES string of the molecule is C=NCC(=C)/C=C(/C=C\C)CC. The summed E-state index contributed by atoms with van der Waals surface area (Å²) in [4.78, 5) is 3.76. The summed E-state index contributed by atoms with van der Waals surface area (Å²) in [6.45, 7) is 12.1. The molecule has 0 aliphatic rings. The van der Waals surface area contributed by atoms with Crippen molar-refractivity contribution in [3.8, 4) is 0 Å². The lowest BCUT2D eigenvalue weighted by Gasteiger charge is -1.98. The molecule has 0 rings (SSSR count). The molecular weight excluding hydrogens is 146 g/mol. The van der Waals surface area contributed by atoms with E-state index in [1.54, 1.807) is 0 Å². The lowest BCUT2D eigenvalue weighted by atomic mass is 10.1. The Morgan fingerprint density at radius 3 is 2.58 bits per heavy atom. The first-order chi connectivity index (χ1) is 5.74. The number of aliphatic imine (C=N–C) groups is 1. The molecule has 0 aliphatic carbocycles. The van der Waals surface area contributed by atoms with Crippen molar-refractivity contribution < 1.29 is 0 Å². The molecule has 0 aromatic rings. The Balaban J connectivity index is 4.26. The Kier molecular flexibility index (Phi) is 5.98. The average Bonchev–Trinajstić information content (AvgIpc) is 2.04. The highest BCUT2D eigenvalue weighted by Crippen LogP contribution is 2.06. The van der Waals surface area contributed by atoms with Crippen molar-refractivity contribution in [1.29, 1.82) is 0 Å². The predicted molar refractivity (Wildman–Crippen MR) is 56.7 cm³/mol. The van der Waals surface area contributed by atoms with Crippen molar-refractivity contribution >= 4 is 6.72 Å². The van der Waals surface area contributed by atoms with E-state index in [1.807, 2.05) is 13.0 Å². The average molecular weight is 163 g/mol. The van der Waals surface area contributed by atoms with E-state index in [1.165, 1.54) is 5.57 Å². The standard InChI is InChI=1S/C11H17N/c1-5-7-11(6-2)8-10(3)9-12-4/h5,7-8H,3-4,6,9H2,1-2H3/b7-5-,11-8+. The van der Waals surface area contributed by atoms with E-state index in [4.69, 9.17) is 0 Å². The van der Waals surface area contributed by atoms with Crippen LogP contribution in [0.2, 0.25) is 0 Å². The van der Waals surface area contributed by atoms with Gasteiger partial charge in [-0.05, 0) is 31.2 Å². The van der Waals surface area contributed by atoms with Gasteiger partial charge in [0.15, 0.2) is 0 Å². The van der Waals surface area contributed by atoms with Gasteiger partial charge in [-0.15, -0.1) is 0 Å². The largest absolute Gasteiger partial charge is 0.296 e. The summed E-state index contributed by atoms with van der Waals surface area (Å²) in [6, 6.07) is 0. The van der Waals surface area contributed by atoms with Gasteiger partial charge in [0, 0.05) is 0 Å². The van der Waals surface area contributed by atoms with Crippen LogP contribution in [0.25, 0.3) is 0 Å². The van der Waals surface area contributed by atoms with Gasteiger partial charge in [0.1, 0.15) is 0 Å². The Hall–Kier alpha value is -1.11. The second kappa shape index (κ2) is 6.59. The summed E-state index contributed by atoms with van der Waals surface area (Å²) in [6.07, 6.45) is 7.22. The van der Waals surface area contributed by atoms with Gasteiger partial charge < -0.3 is 0 Å². The van der Waals surface area contributed by atoms with Crippen molar-refractivity contribution in [2.45, 2.75) is 20.3 Å². The number of hydrogen-bond acceptors (Lipinski definition) is 1. The summed E-state index contributed by atoms with van der Waals surface area (Å²) in [5, 5.41) is 0. The van der Waals surface area contributed by atoms with Crippen LogP contribution in [0.3, 0.4) is 0 Å². The molecule has 66 valence electrons. The summed E-state index contributed by atoms with van der Waals surface area (Å²) >= 11 is 0. The highest BCUT2D eigenvalue weighted by molar-refractivity contribution is 5.31. The molecule has 0 heterocycles. The number of nitrogens with zero attached hydrogens (tertiary/aromatic N) is 1. The van der Waals surface area contributed by atoms with Gasteiger partial charge in [-0.2, -0.15) is 0 Å². The third-order valence-electron chi connectivity index (χ3n) is 1.49. The molecule has 0 atom stereocenters. The van der Waals surface area contributed by atoms with E-state index in [0.717, 1.165) is 12.0 Å². The van der Waals surface area contributed by atoms with Gasteiger partial charge in [-0.1, -0.05) is 31.7 Å². The van der Waals surface area contributed by atoms with E-state index >= 15 is 0 Å². The summed E-state index contributed by atoms with van der Waals surface area (Å²) in [7, 11) is 0. The van der Waals surface area contributed by atoms with Crippen LogP contribution in [0.15, 0.2) is 40.9 Å². The third kappa shape index (κ3) is 4.67. The Bertz CT molecular complexity index is 209. The number of allylic oxidation sites excluding steroid dienone is 3. The van der Waals surface area contributed by atoms with Crippen molar-refractivity contribution in [2.24, 2.45) is 4.99 Å². The van der Waals surface area contributed by atoms with Gasteiger partial charge in [0.2, 0.25) is 0 Å². The number of rotatable bonds is 5. The van der Waals surface area contributed by atoms with Gasteiger partial charge in [0.25, 0.3) is 0 Å². The summed E-state index contributed by atoms with van der Waals surface area (Å²) in [5.74, 6) is 0. The molecule has 0 saturated heterocycles. The van der Waals surface area contributed by atoms with Crippen molar-refractivity contribution in [3.63, 3.8) is 0 Å². The quantitative estimate of drug-likeness (QED) is 0.436. The molecule has 0 amide bonds. The maximum absolute atomic E-state index is 3.87. The first-order valence-corrected chi connectivity index (χ1v) is 4.18. The fourth-order valence-electron chi connectivity index (χ4n) is 0.934. The summed E-state index contributed by atoms with van der Waals surface area (Å²) < 4.78 is 0. The van der Waals surface area contributed by atoms with Crippen LogP contribution in [0.4, 0.5) is 0 Å². The van der Waals surface area contributed by atoms with E-state index in [9.17, 15) is 0 Å². The molecule has 0 bridgehead atoms. The molecule has 0 spiro atoms. The van der Waals surface area contributed by atoms with Crippen molar-refractivity contribution in [3.05, 3.63) is 36.0 Å². The minimum absolute atomic E-state index is 0.626. The van der Waals surface area contributed by atoms with Crippen LogP contribution in [-0.4, -0.2) is 13.3 Å². The zero-order valence-electron chi connectivity index (χ0n) is 8.01. The summed E-state index contributed by atoms with van der Waals surface area (Å²) in [5.41, 5.74) is 2.30. The fraction of sp³-hybridized carbons (Fsp3) is 0.364. The lowest BCUT2D eigenvalue weighted by Crippen LogP contribution is -1.83. The molecule has 0 radical (unpaired) electrons. The molecule has 0 aromatic heterocycles. The van der Waals surface area contributed by atoms with Crippen LogP contribution in [0.5, 0.6) is 0 Å². The Morgan fingerprint density at radius 2 is 2.17 bits per heavy atom. The van der Waals surface area contributed by atoms with Crippen LogP contribution >= 0.6 is 0 Å². The Morgan fingerprint density at radius 1 is 1.50 bits per heavy atom. The molecule has 0 N–H and O–H groups in total. The molecule has 0 aliphatic heterocycles. The molecule has 1 heteroatoms. The molecule has 1 nitrogen and oxygen atoms in total. The smallest absolute Gasteiger partial charge is 0.0626 e.